The van der Waals surface area contributed by atoms with Crippen LogP contribution in [0.1, 0.15) is 17.5 Å². The third-order valence-electron chi connectivity index (χ3n) is 4.47. The minimum absolute atomic E-state index is 0.0399. The number of rotatable bonds is 8. The van der Waals surface area contributed by atoms with Crippen molar-refractivity contribution in [2.45, 2.75) is 13.0 Å². The Morgan fingerprint density at radius 2 is 1.61 bits per heavy atom. The number of hydrogen-bond donors (Lipinski definition) is 1. The Labute approximate surface area is 186 Å². The van der Waals surface area contributed by atoms with E-state index >= 15 is 0 Å². The monoisotopic (exact) mass is 455 g/mol. The summed E-state index contributed by atoms with van der Waals surface area (Å²) in [5, 5.41) is 24.1. The molecule has 3 rings (SSSR count). The van der Waals surface area contributed by atoms with E-state index in [2.05, 4.69) is 5.32 Å². The predicted molar refractivity (Wildman–Crippen MR) is 114 cm³/mol. The van der Waals surface area contributed by atoms with Gasteiger partial charge in [-0.05, 0) is 37.3 Å². The summed E-state index contributed by atoms with van der Waals surface area (Å²) in [6, 6.07) is 12.0. The summed E-state index contributed by atoms with van der Waals surface area (Å²) in [6.07, 6.45) is -1.27. The molecule has 0 radical (unpaired) electrons. The van der Waals surface area contributed by atoms with Crippen LogP contribution in [-0.4, -0.2) is 34.9 Å². The highest BCUT2D eigenvalue weighted by atomic mass is 16.6. The van der Waals surface area contributed by atoms with Crippen molar-refractivity contribution in [1.82, 2.24) is 0 Å². The third kappa shape index (κ3) is 5.31. The molecule has 1 N–H and O–H groups in total. The molecule has 0 aliphatic heterocycles. The Bertz CT molecular complexity index is 1220. The fourth-order valence-corrected chi connectivity index (χ4v) is 2.76. The average Bonchev–Trinajstić information content (AvgIpc) is 3.29. The Balaban J connectivity index is 1.67. The quantitative estimate of drug-likeness (QED) is 0.301. The summed E-state index contributed by atoms with van der Waals surface area (Å²) >= 11 is 0. The van der Waals surface area contributed by atoms with Crippen LogP contribution < -0.4 is 10.1 Å². The zero-order valence-electron chi connectivity index (χ0n) is 17.3. The van der Waals surface area contributed by atoms with E-state index in [-0.39, 0.29) is 34.3 Å². The Morgan fingerprint density at radius 3 is 2.21 bits per heavy atom. The number of esters is 1. The van der Waals surface area contributed by atoms with Crippen LogP contribution in [0.3, 0.4) is 0 Å². The lowest BCUT2D eigenvalue weighted by molar-refractivity contribution is -0.385. The number of carbonyl (C=O) groups excluding carboxylic acids is 2. The predicted octanol–water partition coefficient (Wildman–Crippen LogP) is 3.96. The van der Waals surface area contributed by atoms with Gasteiger partial charge in [0, 0.05) is 29.8 Å². The van der Waals surface area contributed by atoms with Crippen LogP contribution >= 0.6 is 0 Å². The van der Waals surface area contributed by atoms with Crippen molar-refractivity contribution < 1.29 is 33.3 Å². The highest BCUT2D eigenvalue weighted by molar-refractivity contribution is 5.98. The molecule has 1 heterocycles. The molecule has 3 aromatic rings. The third-order valence-corrected chi connectivity index (χ3v) is 4.47. The number of furan rings is 1. The van der Waals surface area contributed by atoms with E-state index in [1.54, 1.807) is 0 Å². The molecule has 170 valence electrons. The molecule has 0 aliphatic carbocycles. The van der Waals surface area contributed by atoms with Gasteiger partial charge in [0.1, 0.15) is 11.5 Å². The first-order chi connectivity index (χ1) is 15.7. The van der Waals surface area contributed by atoms with Crippen molar-refractivity contribution in [3.63, 3.8) is 0 Å². The molecule has 0 unspecified atom stereocenters. The second-order valence-electron chi connectivity index (χ2n) is 6.65. The Hall–Kier alpha value is -4.74. The lowest BCUT2D eigenvalue weighted by atomic mass is 10.1. The second kappa shape index (κ2) is 9.60. The van der Waals surface area contributed by atoms with E-state index in [9.17, 15) is 29.8 Å². The minimum atomic E-state index is -1.27. The second-order valence-corrected chi connectivity index (χ2v) is 6.65. The molecule has 0 saturated heterocycles. The van der Waals surface area contributed by atoms with Gasteiger partial charge in [0.2, 0.25) is 5.76 Å². The van der Waals surface area contributed by atoms with Crippen LogP contribution in [-0.2, 0) is 9.53 Å². The first kappa shape index (κ1) is 22.9. The van der Waals surface area contributed by atoms with Gasteiger partial charge in [0.15, 0.2) is 6.10 Å². The summed E-state index contributed by atoms with van der Waals surface area (Å²) < 4.78 is 15.6. The molecule has 0 fully saturated rings. The molecule has 0 bridgehead atoms. The summed E-state index contributed by atoms with van der Waals surface area (Å²) in [6.45, 7) is 1.32. The van der Waals surface area contributed by atoms with Gasteiger partial charge in [-0.3, -0.25) is 25.0 Å². The van der Waals surface area contributed by atoms with Crippen molar-refractivity contribution in [2.24, 2.45) is 0 Å². The van der Waals surface area contributed by atoms with Crippen LogP contribution in [0, 0.1) is 20.2 Å². The number of benzene rings is 2. The average molecular weight is 455 g/mol. The van der Waals surface area contributed by atoms with Crippen molar-refractivity contribution in [1.29, 1.82) is 0 Å². The number of methoxy groups -OCH3 is 1. The first-order valence-electron chi connectivity index (χ1n) is 9.38. The molecule has 2 aromatic carbocycles. The number of non-ortho nitro benzene ring substituents is 2. The zero-order valence-corrected chi connectivity index (χ0v) is 17.3. The van der Waals surface area contributed by atoms with E-state index in [0.29, 0.717) is 5.56 Å². The smallest absolute Gasteiger partial charge is 0.375 e. The molecule has 1 amide bonds. The van der Waals surface area contributed by atoms with Gasteiger partial charge in [-0.15, -0.1) is 0 Å². The fourth-order valence-electron chi connectivity index (χ4n) is 2.76. The number of carbonyl (C=O) groups is 2. The molecule has 1 aromatic heterocycles. The van der Waals surface area contributed by atoms with Crippen molar-refractivity contribution in [3.8, 4) is 17.1 Å². The number of hydrogen-bond acceptors (Lipinski definition) is 9. The number of nitro benzene ring substituents is 2. The van der Waals surface area contributed by atoms with Gasteiger partial charge in [-0.1, -0.05) is 0 Å². The number of ether oxygens (including phenoxy) is 2. The van der Waals surface area contributed by atoms with Gasteiger partial charge in [-0.25, -0.2) is 4.79 Å². The number of anilines is 1. The maximum atomic E-state index is 12.4. The highest BCUT2D eigenvalue weighted by Gasteiger charge is 2.23. The number of nitrogens with zero attached hydrogens (tertiary/aromatic N) is 2. The van der Waals surface area contributed by atoms with Crippen LogP contribution in [0.25, 0.3) is 11.3 Å². The van der Waals surface area contributed by atoms with E-state index < -0.39 is 27.8 Å². The molecule has 0 saturated carbocycles. The Morgan fingerprint density at radius 1 is 0.970 bits per heavy atom. The number of amides is 1. The van der Waals surface area contributed by atoms with Crippen molar-refractivity contribution >= 4 is 28.9 Å². The summed E-state index contributed by atoms with van der Waals surface area (Å²) in [5.41, 5.74) is 0.191. The lowest BCUT2D eigenvalue weighted by Crippen LogP contribution is -2.30. The number of nitrogens with one attached hydrogen (secondary N) is 1. The van der Waals surface area contributed by atoms with Gasteiger partial charge in [0.05, 0.1) is 22.6 Å². The molecular formula is C21H17N3O9. The molecular weight excluding hydrogens is 438 g/mol. The van der Waals surface area contributed by atoms with Crippen LogP contribution in [0.5, 0.6) is 5.75 Å². The van der Waals surface area contributed by atoms with Gasteiger partial charge >= 0.3 is 5.97 Å². The minimum Gasteiger partial charge on any atom is -0.495 e. The van der Waals surface area contributed by atoms with Gasteiger partial charge in [-0.2, -0.15) is 0 Å². The maximum absolute atomic E-state index is 12.4. The topological polar surface area (TPSA) is 164 Å². The van der Waals surface area contributed by atoms with Crippen LogP contribution in [0.4, 0.5) is 17.1 Å². The zero-order chi connectivity index (χ0) is 24.1. The molecule has 12 nitrogen and oxygen atoms in total. The normalized spacial score (nSPS) is 11.3. The van der Waals surface area contributed by atoms with Crippen molar-refractivity contribution in [3.05, 3.63) is 80.6 Å². The van der Waals surface area contributed by atoms with E-state index in [1.807, 2.05) is 0 Å². The largest absolute Gasteiger partial charge is 0.495 e. The molecule has 0 aliphatic rings. The van der Waals surface area contributed by atoms with E-state index in [0.717, 1.165) is 6.07 Å². The summed E-state index contributed by atoms with van der Waals surface area (Å²) in [4.78, 5) is 45.4. The molecule has 12 heteroatoms. The van der Waals surface area contributed by atoms with Crippen LogP contribution in [0.15, 0.2) is 59.0 Å². The number of nitro groups is 2. The van der Waals surface area contributed by atoms with E-state index in [1.165, 1.54) is 62.6 Å². The van der Waals surface area contributed by atoms with Gasteiger partial charge < -0.3 is 19.2 Å². The molecule has 1 atom stereocenters. The maximum Gasteiger partial charge on any atom is 0.375 e. The van der Waals surface area contributed by atoms with Crippen LogP contribution in [0.2, 0.25) is 0 Å². The Kier molecular flexibility index (Phi) is 6.67. The molecule has 33 heavy (non-hydrogen) atoms. The lowest BCUT2D eigenvalue weighted by Gasteiger charge is -2.14. The highest BCUT2D eigenvalue weighted by Crippen LogP contribution is 2.29. The fraction of sp³-hybridized carbons (Fsp3) is 0.143. The van der Waals surface area contributed by atoms with E-state index in [4.69, 9.17) is 13.9 Å². The summed E-state index contributed by atoms with van der Waals surface area (Å²) in [5.74, 6) is -1.39. The van der Waals surface area contributed by atoms with Gasteiger partial charge in [0.25, 0.3) is 17.3 Å². The van der Waals surface area contributed by atoms with Crippen molar-refractivity contribution in [2.75, 3.05) is 12.4 Å². The summed E-state index contributed by atoms with van der Waals surface area (Å²) in [7, 11) is 1.33. The SMILES string of the molecule is COc1ccc([N+](=O)[O-])cc1NC(=O)[C@H](C)OC(=O)c1ccc(-c2ccc([N+](=O)[O-])cc2)o1. The standard InChI is InChI=1S/C21H17N3O9/c1-12(20(25)22-16-11-15(24(29)30)7-8-18(16)31-2)32-21(26)19-10-9-17(33-19)13-3-5-14(6-4-13)23(27)28/h3-12H,1-2H3,(H,22,25)/t12-/m0/s1. The molecule has 0 spiro atoms. The first-order valence-corrected chi connectivity index (χ1v) is 9.38.